The van der Waals surface area contributed by atoms with Gasteiger partial charge in [0, 0.05) is 22.2 Å². The Morgan fingerprint density at radius 3 is 2.72 bits per heavy atom. The molecule has 0 unspecified atom stereocenters. The first-order valence-corrected chi connectivity index (χ1v) is 7.70. The molecule has 1 amide bonds. The Kier molecular flexibility index (Phi) is 4.78. The lowest BCUT2D eigenvalue weighted by Crippen LogP contribution is -2.15. The summed E-state index contributed by atoms with van der Waals surface area (Å²) in [5.74, 6) is -0.524. The van der Waals surface area contributed by atoms with Gasteiger partial charge in [0.05, 0.1) is 23.7 Å². The zero-order valence-corrected chi connectivity index (χ0v) is 13.3. The highest BCUT2D eigenvalue weighted by molar-refractivity contribution is 6.07. The van der Waals surface area contributed by atoms with Gasteiger partial charge in [0.15, 0.2) is 0 Å². The average molecular weight is 332 g/mol. The number of hydrogen-bond donors (Lipinski definition) is 2. The number of carbonyl (C=O) groups excluding carboxylic acids is 1. The molecule has 0 aliphatic rings. The van der Waals surface area contributed by atoms with E-state index >= 15 is 0 Å². The van der Waals surface area contributed by atoms with Crippen molar-refractivity contribution in [3.8, 4) is 0 Å². The maximum atomic E-state index is 11.6. The molecule has 0 aliphatic carbocycles. The van der Waals surface area contributed by atoms with Gasteiger partial charge >= 0.3 is 0 Å². The van der Waals surface area contributed by atoms with E-state index in [0.29, 0.717) is 11.1 Å². The Morgan fingerprint density at radius 2 is 2.00 bits per heavy atom. The minimum absolute atomic E-state index is 0.208. The summed E-state index contributed by atoms with van der Waals surface area (Å²) in [4.78, 5) is 18.8. The van der Waals surface area contributed by atoms with Crippen LogP contribution in [0.4, 0.5) is 5.69 Å². The number of rotatable bonds is 6. The minimum Gasteiger partial charge on any atom is -0.378 e. The van der Waals surface area contributed by atoms with E-state index in [1.807, 2.05) is 42.5 Å². The molecule has 1 aromatic heterocycles. The van der Waals surface area contributed by atoms with Gasteiger partial charge in [0.1, 0.15) is 0 Å². The molecule has 3 aromatic rings. The zero-order valence-electron chi connectivity index (χ0n) is 13.3. The summed E-state index contributed by atoms with van der Waals surface area (Å²) in [5.41, 5.74) is 16.8. The lowest BCUT2D eigenvalue weighted by molar-refractivity contribution is 0.100. The van der Waals surface area contributed by atoms with Crippen molar-refractivity contribution in [2.24, 2.45) is 10.8 Å². The number of hydrogen-bond acceptors (Lipinski definition) is 4. The van der Waals surface area contributed by atoms with Gasteiger partial charge in [-0.2, -0.15) is 0 Å². The van der Waals surface area contributed by atoms with E-state index in [-0.39, 0.29) is 12.6 Å². The van der Waals surface area contributed by atoms with Gasteiger partial charge in [-0.15, -0.1) is 0 Å². The zero-order chi connectivity index (χ0) is 17.6. The highest BCUT2D eigenvalue weighted by atomic mass is 16.1. The molecule has 25 heavy (non-hydrogen) atoms. The van der Waals surface area contributed by atoms with E-state index < -0.39 is 5.91 Å². The van der Waals surface area contributed by atoms with Gasteiger partial charge in [-0.3, -0.25) is 9.78 Å². The molecule has 0 radical (unpaired) electrons. The van der Waals surface area contributed by atoms with E-state index in [1.165, 1.54) is 0 Å². The number of carbonyl (C=O) groups is 1. The van der Waals surface area contributed by atoms with Crippen LogP contribution in [0.1, 0.15) is 22.0 Å². The van der Waals surface area contributed by atoms with Crippen molar-refractivity contribution in [3.05, 3.63) is 82.4 Å². The predicted octanol–water partition coefficient (Wildman–Crippen LogP) is 3.80. The largest absolute Gasteiger partial charge is 0.378 e. The molecule has 0 fully saturated rings. The van der Waals surface area contributed by atoms with Crippen molar-refractivity contribution in [3.63, 3.8) is 0 Å². The fourth-order valence-corrected chi connectivity index (χ4v) is 2.73. The van der Waals surface area contributed by atoms with Crippen LogP contribution < -0.4 is 11.1 Å². The number of anilines is 1. The van der Waals surface area contributed by atoms with Crippen molar-refractivity contribution in [2.75, 3.05) is 11.9 Å². The second-order valence-corrected chi connectivity index (χ2v) is 5.45. The van der Waals surface area contributed by atoms with E-state index in [9.17, 15) is 4.79 Å². The van der Waals surface area contributed by atoms with E-state index in [1.54, 1.807) is 18.3 Å². The Balaban J connectivity index is 2.04. The van der Waals surface area contributed by atoms with Crippen molar-refractivity contribution < 1.29 is 4.79 Å². The first kappa shape index (κ1) is 16.3. The van der Waals surface area contributed by atoms with Gasteiger partial charge in [0.2, 0.25) is 0 Å². The normalized spacial score (nSPS) is 11.5. The molecule has 2 aromatic carbocycles. The SMILES string of the molecule is [N-]=[N+]=NC[C@@H](Nc1ccnc2c(C(N)=O)cccc12)c1ccccc1. The molecule has 0 aliphatic heterocycles. The molecule has 7 nitrogen and oxygen atoms in total. The number of pyridine rings is 1. The summed E-state index contributed by atoms with van der Waals surface area (Å²) in [5, 5.41) is 7.86. The van der Waals surface area contributed by atoms with Crippen LogP contribution in [-0.2, 0) is 0 Å². The van der Waals surface area contributed by atoms with Crippen molar-refractivity contribution in [1.82, 2.24) is 4.98 Å². The van der Waals surface area contributed by atoms with Crippen LogP contribution in [0.15, 0.2) is 65.9 Å². The van der Waals surface area contributed by atoms with Gasteiger partial charge in [0.25, 0.3) is 5.91 Å². The number of nitrogens with two attached hydrogens (primary N) is 1. The number of nitrogens with zero attached hydrogens (tertiary/aromatic N) is 4. The number of nitrogens with one attached hydrogen (secondary N) is 1. The summed E-state index contributed by atoms with van der Waals surface area (Å²) in [6.07, 6.45) is 1.62. The molecule has 0 spiro atoms. The molecule has 0 saturated carbocycles. The smallest absolute Gasteiger partial charge is 0.250 e. The van der Waals surface area contributed by atoms with E-state index in [2.05, 4.69) is 20.3 Å². The first-order valence-electron chi connectivity index (χ1n) is 7.70. The minimum atomic E-state index is -0.524. The predicted molar refractivity (Wildman–Crippen MR) is 97.1 cm³/mol. The molecule has 7 heteroatoms. The topological polar surface area (TPSA) is 117 Å². The lowest BCUT2D eigenvalue weighted by atomic mass is 10.0. The van der Waals surface area contributed by atoms with Crippen LogP contribution in [-0.4, -0.2) is 17.4 Å². The Morgan fingerprint density at radius 1 is 1.20 bits per heavy atom. The van der Waals surface area contributed by atoms with E-state index in [4.69, 9.17) is 11.3 Å². The summed E-state index contributed by atoms with van der Waals surface area (Å²) >= 11 is 0. The molecule has 1 heterocycles. The number of amides is 1. The second-order valence-electron chi connectivity index (χ2n) is 5.45. The van der Waals surface area contributed by atoms with Crippen LogP contribution >= 0.6 is 0 Å². The van der Waals surface area contributed by atoms with Gasteiger partial charge in [-0.1, -0.05) is 47.6 Å². The molecule has 124 valence electrons. The monoisotopic (exact) mass is 332 g/mol. The standard InChI is InChI=1S/C18H16N6O/c19-18(25)14-8-4-7-13-15(9-10-21-17(13)14)23-16(11-22-24-20)12-5-2-1-3-6-12/h1-10,16H,11H2,(H2,19,25)(H,21,23)/t16-/m1/s1. The molecular formula is C18H16N6O. The summed E-state index contributed by atoms with van der Waals surface area (Å²) in [6, 6.07) is 16.6. The highest BCUT2D eigenvalue weighted by Crippen LogP contribution is 2.28. The third kappa shape index (κ3) is 3.52. The third-order valence-electron chi connectivity index (χ3n) is 3.90. The number of benzene rings is 2. The Bertz CT molecular complexity index is 950. The molecule has 3 N–H and O–H groups in total. The van der Waals surface area contributed by atoms with Crippen molar-refractivity contribution in [1.29, 1.82) is 0 Å². The molecule has 1 atom stereocenters. The Labute approximate surface area is 144 Å². The highest BCUT2D eigenvalue weighted by Gasteiger charge is 2.14. The van der Waals surface area contributed by atoms with Gasteiger partial charge < -0.3 is 11.1 Å². The number of aromatic nitrogens is 1. The van der Waals surface area contributed by atoms with Crippen LogP contribution in [0.3, 0.4) is 0 Å². The van der Waals surface area contributed by atoms with E-state index in [0.717, 1.165) is 16.6 Å². The maximum Gasteiger partial charge on any atom is 0.250 e. The second kappa shape index (κ2) is 7.33. The van der Waals surface area contributed by atoms with Crippen LogP contribution in [0.25, 0.3) is 21.3 Å². The van der Waals surface area contributed by atoms with Crippen LogP contribution in [0.5, 0.6) is 0 Å². The summed E-state index contributed by atoms with van der Waals surface area (Å²) in [6.45, 7) is 0.250. The number of primary amides is 1. The first-order chi connectivity index (χ1) is 12.2. The van der Waals surface area contributed by atoms with Crippen LogP contribution in [0, 0.1) is 0 Å². The Hall–Kier alpha value is -3.57. The molecule has 3 rings (SSSR count). The van der Waals surface area contributed by atoms with Gasteiger partial charge in [-0.05, 0) is 23.2 Å². The van der Waals surface area contributed by atoms with Gasteiger partial charge in [-0.25, -0.2) is 0 Å². The molecule has 0 bridgehead atoms. The number of azide groups is 1. The number of fused-ring (bicyclic) bond motifs is 1. The van der Waals surface area contributed by atoms with Crippen LogP contribution in [0.2, 0.25) is 0 Å². The lowest BCUT2D eigenvalue weighted by Gasteiger charge is -2.20. The van der Waals surface area contributed by atoms with Crippen molar-refractivity contribution >= 4 is 22.5 Å². The fraction of sp³-hybridized carbons (Fsp3) is 0.111. The molecular weight excluding hydrogens is 316 g/mol. The van der Waals surface area contributed by atoms with Crippen molar-refractivity contribution in [2.45, 2.75) is 6.04 Å². The average Bonchev–Trinajstić information content (AvgIpc) is 2.65. The maximum absolute atomic E-state index is 11.6. The number of para-hydroxylation sites is 1. The fourth-order valence-electron chi connectivity index (χ4n) is 2.73. The summed E-state index contributed by atoms with van der Waals surface area (Å²) in [7, 11) is 0. The third-order valence-corrected chi connectivity index (χ3v) is 3.90. The quantitative estimate of drug-likeness (QED) is 0.406. The molecule has 0 saturated heterocycles. The summed E-state index contributed by atoms with van der Waals surface area (Å²) < 4.78 is 0.